The third-order valence-electron chi connectivity index (χ3n) is 4.51. The smallest absolute Gasteiger partial charge is 0.260 e. The van der Waals surface area contributed by atoms with Crippen LogP contribution in [0.5, 0.6) is 11.5 Å². The Balaban J connectivity index is 1.85. The minimum atomic E-state index is -0.246. The van der Waals surface area contributed by atoms with Crippen molar-refractivity contribution in [3.8, 4) is 22.8 Å². The van der Waals surface area contributed by atoms with Gasteiger partial charge < -0.3 is 19.2 Å². The van der Waals surface area contributed by atoms with Crippen LogP contribution in [-0.2, 0) is 0 Å². The minimum Gasteiger partial charge on any atom is -0.497 e. The Kier molecular flexibility index (Phi) is 4.72. The van der Waals surface area contributed by atoms with Gasteiger partial charge in [0, 0.05) is 16.6 Å². The Hall–Kier alpha value is -3.73. The lowest BCUT2D eigenvalue weighted by Gasteiger charge is -2.07. The third-order valence-corrected chi connectivity index (χ3v) is 4.51. The molecule has 1 amide bonds. The molecule has 0 aliphatic heterocycles. The number of amides is 1. The highest BCUT2D eigenvalue weighted by molar-refractivity contribution is 6.16. The van der Waals surface area contributed by atoms with E-state index in [1.807, 2.05) is 66.7 Å². The van der Waals surface area contributed by atoms with E-state index in [0.29, 0.717) is 33.7 Å². The summed E-state index contributed by atoms with van der Waals surface area (Å²) in [5.74, 6) is 1.64. The van der Waals surface area contributed by atoms with Crippen molar-refractivity contribution in [2.45, 2.75) is 0 Å². The lowest BCUT2D eigenvalue weighted by atomic mass is 10.0. The lowest BCUT2D eigenvalue weighted by molar-refractivity contribution is 0.102. The molecule has 5 nitrogen and oxygen atoms in total. The summed E-state index contributed by atoms with van der Waals surface area (Å²) >= 11 is 0. The largest absolute Gasteiger partial charge is 0.497 e. The van der Waals surface area contributed by atoms with E-state index in [4.69, 9.17) is 13.9 Å². The molecule has 28 heavy (non-hydrogen) atoms. The van der Waals surface area contributed by atoms with E-state index < -0.39 is 0 Å². The number of ether oxygens (including phenoxy) is 2. The van der Waals surface area contributed by atoms with Crippen molar-refractivity contribution in [3.05, 3.63) is 78.4 Å². The number of methoxy groups -OCH3 is 2. The number of para-hydroxylation sites is 1. The number of furan rings is 1. The fourth-order valence-electron chi connectivity index (χ4n) is 3.09. The van der Waals surface area contributed by atoms with E-state index in [1.165, 1.54) is 0 Å². The quantitative estimate of drug-likeness (QED) is 0.511. The average Bonchev–Trinajstić information content (AvgIpc) is 3.13. The molecule has 0 spiro atoms. The summed E-state index contributed by atoms with van der Waals surface area (Å²) in [6, 6.07) is 22.2. The predicted molar refractivity (Wildman–Crippen MR) is 109 cm³/mol. The van der Waals surface area contributed by atoms with Gasteiger partial charge in [-0.3, -0.25) is 4.79 Å². The molecule has 0 bridgehead atoms. The van der Waals surface area contributed by atoms with Gasteiger partial charge in [-0.05, 0) is 54.6 Å². The number of rotatable bonds is 5. The normalized spacial score (nSPS) is 10.6. The molecule has 140 valence electrons. The standard InChI is InChI=1S/C23H19NO4/c1-26-17-10-8-15(9-11-17)22-21(23(25)24-16-6-4-3-5-7-16)19-14-18(27-2)12-13-20(19)28-22/h3-14H,1-2H3,(H,24,25). The Morgan fingerprint density at radius 3 is 2.21 bits per heavy atom. The maximum absolute atomic E-state index is 13.2. The molecule has 4 aromatic rings. The molecule has 3 aromatic carbocycles. The first-order valence-corrected chi connectivity index (χ1v) is 8.81. The van der Waals surface area contributed by atoms with Gasteiger partial charge in [0.25, 0.3) is 5.91 Å². The first-order chi connectivity index (χ1) is 13.7. The van der Waals surface area contributed by atoms with Gasteiger partial charge in [-0.15, -0.1) is 0 Å². The fraction of sp³-hybridized carbons (Fsp3) is 0.0870. The summed E-state index contributed by atoms with van der Waals surface area (Å²) in [5, 5.41) is 3.64. The molecule has 0 saturated carbocycles. The molecule has 0 saturated heterocycles. The Labute approximate surface area is 162 Å². The van der Waals surface area contributed by atoms with Crippen molar-refractivity contribution in [2.75, 3.05) is 19.5 Å². The van der Waals surface area contributed by atoms with E-state index >= 15 is 0 Å². The van der Waals surface area contributed by atoms with Crippen LogP contribution in [0.3, 0.4) is 0 Å². The molecular formula is C23H19NO4. The molecular weight excluding hydrogens is 354 g/mol. The number of fused-ring (bicyclic) bond motifs is 1. The monoisotopic (exact) mass is 373 g/mol. The van der Waals surface area contributed by atoms with Crippen LogP contribution in [0.2, 0.25) is 0 Å². The van der Waals surface area contributed by atoms with Crippen LogP contribution < -0.4 is 14.8 Å². The predicted octanol–water partition coefficient (Wildman–Crippen LogP) is 5.37. The van der Waals surface area contributed by atoms with Crippen molar-refractivity contribution < 1.29 is 18.7 Å². The summed E-state index contributed by atoms with van der Waals surface area (Å²) in [6.45, 7) is 0. The zero-order valence-corrected chi connectivity index (χ0v) is 15.6. The van der Waals surface area contributed by atoms with Gasteiger partial charge in [-0.2, -0.15) is 0 Å². The Bertz CT molecular complexity index is 1110. The first kappa shape index (κ1) is 17.7. The average molecular weight is 373 g/mol. The lowest BCUT2D eigenvalue weighted by Crippen LogP contribution is -2.12. The van der Waals surface area contributed by atoms with Gasteiger partial charge >= 0.3 is 0 Å². The minimum absolute atomic E-state index is 0.246. The van der Waals surface area contributed by atoms with Crippen molar-refractivity contribution in [3.63, 3.8) is 0 Å². The molecule has 1 aromatic heterocycles. The van der Waals surface area contributed by atoms with Gasteiger partial charge in [0.2, 0.25) is 0 Å². The zero-order valence-electron chi connectivity index (χ0n) is 15.6. The van der Waals surface area contributed by atoms with Gasteiger partial charge in [0.1, 0.15) is 22.8 Å². The first-order valence-electron chi connectivity index (χ1n) is 8.81. The molecule has 0 aliphatic carbocycles. The summed E-state index contributed by atoms with van der Waals surface area (Å²) in [4.78, 5) is 13.2. The topological polar surface area (TPSA) is 60.7 Å². The van der Waals surface area contributed by atoms with Crippen LogP contribution in [0, 0.1) is 0 Å². The van der Waals surface area contributed by atoms with Crippen molar-refractivity contribution in [2.24, 2.45) is 0 Å². The second-order valence-electron chi connectivity index (χ2n) is 6.22. The number of benzene rings is 3. The maximum Gasteiger partial charge on any atom is 0.260 e. The van der Waals surface area contributed by atoms with E-state index in [-0.39, 0.29) is 5.91 Å². The molecule has 4 rings (SSSR count). The summed E-state index contributed by atoms with van der Waals surface area (Å²) in [5.41, 5.74) is 2.58. The van der Waals surface area contributed by atoms with Gasteiger partial charge in [-0.25, -0.2) is 0 Å². The van der Waals surface area contributed by atoms with Crippen LogP contribution in [-0.4, -0.2) is 20.1 Å². The van der Waals surface area contributed by atoms with E-state index in [1.54, 1.807) is 20.3 Å². The zero-order chi connectivity index (χ0) is 19.5. The second-order valence-corrected chi connectivity index (χ2v) is 6.22. The van der Waals surface area contributed by atoms with Crippen LogP contribution in [0.1, 0.15) is 10.4 Å². The van der Waals surface area contributed by atoms with Gasteiger partial charge in [0.05, 0.1) is 19.8 Å². The number of nitrogens with one attached hydrogen (secondary N) is 1. The van der Waals surface area contributed by atoms with Crippen molar-refractivity contribution >= 4 is 22.6 Å². The molecule has 0 atom stereocenters. The Morgan fingerprint density at radius 2 is 1.54 bits per heavy atom. The van der Waals surface area contributed by atoms with Crippen LogP contribution in [0.4, 0.5) is 5.69 Å². The highest BCUT2D eigenvalue weighted by Crippen LogP contribution is 2.36. The summed E-state index contributed by atoms with van der Waals surface area (Å²) < 4.78 is 16.6. The highest BCUT2D eigenvalue weighted by atomic mass is 16.5. The summed E-state index contributed by atoms with van der Waals surface area (Å²) in [6.07, 6.45) is 0. The molecule has 5 heteroatoms. The van der Waals surface area contributed by atoms with Gasteiger partial charge in [-0.1, -0.05) is 18.2 Å². The highest BCUT2D eigenvalue weighted by Gasteiger charge is 2.23. The van der Waals surface area contributed by atoms with Crippen LogP contribution in [0.15, 0.2) is 77.2 Å². The number of carbonyl (C=O) groups is 1. The van der Waals surface area contributed by atoms with E-state index in [0.717, 1.165) is 11.3 Å². The summed E-state index contributed by atoms with van der Waals surface area (Å²) in [7, 11) is 3.20. The van der Waals surface area contributed by atoms with Crippen molar-refractivity contribution in [1.82, 2.24) is 0 Å². The molecule has 1 N–H and O–H groups in total. The number of anilines is 1. The SMILES string of the molecule is COc1ccc(-c2oc3ccc(OC)cc3c2C(=O)Nc2ccccc2)cc1. The van der Waals surface area contributed by atoms with Crippen LogP contribution in [0.25, 0.3) is 22.3 Å². The van der Waals surface area contributed by atoms with Crippen molar-refractivity contribution in [1.29, 1.82) is 0 Å². The molecule has 1 heterocycles. The van der Waals surface area contributed by atoms with E-state index in [2.05, 4.69) is 5.32 Å². The number of hydrogen-bond acceptors (Lipinski definition) is 4. The third kappa shape index (κ3) is 3.30. The van der Waals surface area contributed by atoms with E-state index in [9.17, 15) is 4.79 Å². The maximum atomic E-state index is 13.2. The van der Waals surface area contributed by atoms with Crippen LogP contribution >= 0.6 is 0 Å². The molecule has 0 aliphatic rings. The molecule has 0 fully saturated rings. The molecule has 0 radical (unpaired) electrons. The second kappa shape index (κ2) is 7.48. The number of hydrogen-bond donors (Lipinski definition) is 1. The Morgan fingerprint density at radius 1 is 0.857 bits per heavy atom. The van der Waals surface area contributed by atoms with Gasteiger partial charge in [0.15, 0.2) is 0 Å². The molecule has 0 unspecified atom stereocenters. The fourth-order valence-corrected chi connectivity index (χ4v) is 3.09. The number of carbonyl (C=O) groups excluding carboxylic acids is 1.